The minimum atomic E-state index is -0.342. The highest BCUT2D eigenvalue weighted by Gasteiger charge is 2.26. The lowest BCUT2D eigenvalue weighted by Crippen LogP contribution is -2.44. The number of nitrogens with zero attached hydrogens (tertiary/aromatic N) is 1. The molecule has 0 heterocycles. The summed E-state index contributed by atoms with van der Waals surface area (Å²) < 4.78 is 5.72. The van der Waals surface area contributed by atoms with E-state index in [1.165, 1.54) is 31.7 Å². The SMILES string of the molecule is NC1(COCCc2ccccc2[N+](=O)[O-])CCCCCC1. The van der Waals surface area contributed by atoms with Crippen molar-refractivity contribution in [2.24, 2.45) is 5.73 Å². The Balaban J connectivity index is 1.80. The number of para-hydroxylation sites is 1. The van der Waals surface area contributed by atoms with Gasteiger partial charge in [-0.15, -0.1) is 0 Å². The molecule has 1 fully saturated rings. The van der Waals surface area contributed by atoms with Gasteiger partial charge in [-0.05, 0) is 12.8 Å². The van der Waals surface area contributed by atoms with E-state index in [2.05, 4.69) is 0 Å². The molecule has 0 bridgehead atoms. The number of benzene rings is 1. The maximum absolute atomic E-state index is 10.9. The summed E-state index contributed by atoms with van der Waals surface area (Å²) in [5, 5.41) is 10.9. The zero-order valence-electron chi connectivity index (χ0n) is 12.4. The lowest BCUT2D eigenvalue weighted by Gasteiger charge is -2.27. The van der Waals surface area contributed by atoms with Crippen molar-refractivity contribution in [2.45, 2.75) is 50.5 Å². The van der Waals surface area contributed by atoms with Gasteiger partial charge in [0.2, 0.25) is 0 Å². The third-order valence-electron chi connectivity index (χ3n) is 4.19. The van der Waals surface area contributed by atoms with Gasteiger partial charge in [-0.1, -0.05) is 43.9 Å². The van der Waals surface area contributed by atoms with Crippen molar-refractivity contribution in [3.05, 3.63) is 39.9 Å². The van der Waals surface area contributed by atoms with Gasteiger partial charge in [0.25, 0.3) is 5.69 Å². The van der Waals surface area contributed by atoms with E-state index in [-0.39, 0.29) is 16.1 Å². The lowest BCUT2D eigenvalue weighted by atomic mass is 9.92. The number of hydrogen-bond donors (Lipinski definition) is 1. The Labute approximate surface area is 125 Å². The van der Waals surface area contributed by atoms with Gasteiger partial charge in [0.1, 0.15) is 0 Å². The summed E-state index contributed by atoms with van der Waals surface area (Å²) >= 11 is 0. The van der Waals surface area contributed by atoms with Crippen LogP contribution in [0.3, 0.4) is 0 Å². The normalized spacial score (nSPS) is 18.1. The molecule has 1 aromatic rings. The molecule has 1 saturated carbocycles. The first-order chi connectivity index (χ1) is 10.1. The van der Waals surface area contributed by atoms with Crippen LogP contribution in [0.2, 0.25) is 0 Å². The van der Waals surface area contributed by atoms with Crippen molar-refractivity contribution in [1.29, 1.82) is 0 Å². The molecule has 1 aromatic carbocycles. The Bertz CT molecular complexity index is 468. The van der Waals surface area contributed by atoms with Gasteiger partial charge in [-0.25, -0.2) is 0 Å². The summed E-state index contributed by atoms with van der Waals surface area (Å²) in [6.45, 7) is 1.03. The zero-order chi connectivity index (χ0) is 15.1. The van der Waals surface area contributed by atoms with Crippen LogP contribution in [-0.4, -0.2) is 23.7 Å². The van der Waals surface area contributed by atoms with Gasteiger partial charge in [-0.2, -0.15) is 0 Å². The highest BCUT2D eigenvalue weighted by atomic mass is 16.6. The lowest BCUT2D eigenvalue weighted by molar-refractivity contribution is -0.385. The predicted molar refractivity (Wildman–Crippen MR) is 82.2 cm³/mol. The Morgan fingerprint density at radius 1 is 1.19 bits per heavy atom. The molecule has 0 amide bonds. The standard InChI is InChI=1S/C16H24N2O3/c17-16(10-5-1-2-6-11-16)13-21-12-9-14-7-3-4-8-15(14)18(19)20/h3-4,7-8H,1-2,5-6,9-13,17H2. The van der Waals surface area contributed by atoms with Gasteiger partial charge in [0.05, 0.1) is 18.1 Å². The molecule has 5 heteroatoms. The van der Waals surface area contributed by atoms with Gasteiger partial charge < -0.3 is 10.5 Å². The highest BCUT2D eigenvalue weighted by molar-refractivity contribution is 5.39. The van der Waals surface area contributed by atoms with Crippen molar-refractivity contribution >= 4 is 5.69 Å². The molecule has 2 rings (SSSR count). The molecular formula is C16H24N2O3. The predicted octanol–water partition coefficient (Wildman–Crippen LogP) is 3.21. The van der Waals surface area contributed by atoms with Crippen LogP contribution in [0.5, 0.6) is 0 Å². The first-order valence-electron chi connectivity index (χ1n) is 7.70. The summed E-state index contributed by atoms with van der Waals surface area (Å²) in [7, 11) is 0. The minimum absolute atomic E-state index is 0.165. The molecule has 0 aromatic heterocycles. The van der Waals surface area contributed by atoms with Gasteiger partial charge in [-0.3, -0.25) is 10.1 Å². The number of rotatable bonds is 6. The summed E-state index contributed by atoms with van der Waals surface area (Å²) in [6.07, 6.45) is 7.43. The molecule has 0 atom stereocenters. The Morgan fingerprint density at radius 2 is 1.86 bits per heavy atom. The van der Waals surface area contributed by atoms with E-state index in [4.69, 9.17) is 10.5 Å². The molecule has 1 aliphatic rings. The second kappa shape index (κ2) is 7.52. The molecule has 1 aliphatic carbocycles. The summed E-state index contributed by atoms with van der Waals surface area (Å²) in [5.74, 6) is 0. The molecular weight excluding hydrogens is 268 g/mol. The van der Waals surface area contributed by atoms with Crippen LogP contribution < -0.4 is 5.73 Å². The molecule has 5 nitrogen and oxygen atoms in total. The number of ether oxygens (including phenoxy) is 1. The van der Waals surface area contributed by atoms with Crippen LogP contribution in [0.25, 0.3) is 0 Å². The molecule has 0 aliphatic heterocycles. The second-order valence-corrected chi connectivity index (χ2v) is 5.96. The largest absolute Gasteiger partial charge is 0.379 e. The quantitative estimate of drug-likeness (QED) is 0.378. The maximum atomic E-state index is 10.9. The Kier molecular flexibility index (Phi) is 5.70. The van der Waals surface area contributed by atoms with Crippen molar-refractivity contribution in [3.8, 4) is 0 Å². The second-order valence-electron chi connectivity index (χ2n) is 5.96. The zero-order valence-corrected chi connectivity index (χ0v) is 12.4. The fourth-order valence-corrected chi connectivity index (χ4v) is 2.93. The number of hydrogen-bond acceptors (Lipinski definition) is 4. The van der Waals surface area contributed by atoms with Crippen molar-refractivity contribution < 1.29 is 9.66 Å². The summed E-state index contributed by atoms with van der Waals surface area (Å²) in [5.41, 5.74) is 7.06. The number of nitrogens with two attached hydrogens (primary N) is 1. The smallest absolute Gasteiger partial charge is 0.272 e. The fraction of sp³-hybridized carbons (Fsp3) is 0.625. The summed E-state index contributed by atoms with van der Waals surface area (Å²) in [6, 6.07) is 6.82. The van der Waals surface area contributed by atoms with Crippen LogP contribution in [0.1, 0.15) is 44.1 Å². The van der Waals surface area contributed by atoms with E-state index in [0.717, 1.165) is 18.4 Å². The average molecular weight is 292 g/mol. The van der Waals surface area contributed by atoms with Crippen molar-refractivity contribution in [2.75, 3.05) is 13.2 Å². The third kappa shape index (κ3) is 4.79. The topological polar surface area (TPSA) is 78.4 Å². The monoisotopic (exact) mass is 292 g/mol. The highest BCUT2D eigenvalue weighted by Crippen LogP contribution is 2.25. The fourth-order valence-electron chi connectivity index (χ4n) is 2.93. The third-order valence-corrected chi connectivity index (χ3v) is 4.19. The Hall–Kier alpha value is -1.46. The van der Waals surface area contributed by atoms with E-state index < -0.39 is 0 Å². The van der Waals surface area contributed by atoms with Crippen LogP contribution in [-0.2, 0) is 11.2 Å². The molecule has 2 N–H and O–H groups in total. The molecule has 21 heavy (non-hydrogen) atoms. The van der Waals surface area contributed by atoms with Crippen LogP contribution >= 0.6 is 0 Å². The molecule has 0 spiro atoms. The first-order valence-corrected chi connectivity index (χ1v) is 7.70. The maximum Gasteiger partial charge on any atom is 0.272 e. The van der Waals surface area contributed by atoms with Gasteiger partial charge >= 0.3 is 0 Å². The number of nitro groups is 1. The van der Waals surface area contributed by atoms with Crippen LogP contribution in [0.4, 0.5) is 5.69 Å². The summed E-state index contributed by atoms with van der Waals surface area (Å²) in [4.78, 5) is 10.6. The first kappa shape index (κ1) is 15.9. The van der Waals surface area contributed by atoms with Crippen molar-refractivity contribution in [1.82, 2.24) is 0 Å². The van der Waals surface area contributed by atoms with E-state index >= 15 is 0 Å². The average Bonchev–Trinajstić information content (AvgIpc) is 2.69. The van der Waals surface area contributed by atoms with Crippen LogP contribution in [0.15, 0.2) is 24.3 Å². The molecule has 0 unspecified atom stereocenters. The van der Waals surface area contributed by atoms with E-state index in [1.807, 2.05) is 6.07 Å². The van der Waals surface area contributed by atoms with Crippen molar-refractivity contribution in [3.63, 3.8) is 0 Å². The Morgan fingerprint density at radius 3 is 2.52 bits per heavy atom. The molecule has 116 valence electrons. The molecule has 0 saturated heterocycles. The van der Waals surface area contributed by atoms with Gasteiger partial charge in [0, 0.05) is 23.6 Å². The van der Waals surface area contributed by atoms with E-state index in [1.54, 1.807) is 12.1 Å². The number of nitro benzene ring substituents is 1. The van der Waals surface area contributed by atoms with E-state index in [9.17, 15) is 10.1 Å². The van der Waals surface area contributed by atoms with Crippen LogP contribution in [0, 0.1) is 10.1 Å². The minimum Gasteiger partial charge on any atom is -0.379 e. The van der Waals surface area contributed by atoms with Gasteiger partial charge in [0.15, 0.2) is 0 Å². The molecule has 0 radical (unpaired) electrons. The van der Waals surface area contributed by atoms with E-state index in [0.29, 0.717) is 19.6 Å².